The quantitative estimate of drug-likeness (QED) is 0.580. The number of nitrogens with one attached hydrogen (secondary N) is 1. The molecule has 0 amide bonds. The molecule has 0 aliphatic carbocycles. The van der Waals surface area contributed by atoms with Gasteiger partial charge in [-0.1, -0.05) is 6.07 Å². The number of hydrogen-bond acceptors (Lipinski definition) is 4. The molecule has 1 heterocycles. The van der Waals surface area contributed by atoms with E-state index in [0.29, 0.717) is 19.5 Å². The van der Waals surface area contributed by atoms with Gasteiger partial charge in [-0.25, -0.2) is 0 Å². The van der Waals surface area contributed by atoms with Gasteiger partial charge in [-0.2, -0.15) is 0 Å². The van der Waals surface area contributed by atoms with Crippen LogP contribution < -0.4 is 5.32 Å². The number of carbonyl (C=O) groups excluding carboxylic acids is 1. The van der Waals surface area contributed by atoms with Crippen molar-refractivity contribution in [2.45, 2.75) is 19.9 Å². The molecule has 0 saturated heterocycles. The zero-order chi connectivity index (χ0) is 11.1. The summed E-state index contributed by atoms with van der Waals surface area (Å²) >= 11 is 0. The van der Waals surface area contributed by atoms with Gasteiger partial charge in [0.05, 0.1) is 19.2 Å². The largest absolute Gasteiger partial charge is 0.469 e. The Hall–Kier alpha value is -1.42. The minimum Gasteiger partial charge on any atom is -0.469 e. The second-order valence-corrected chi connectivity index (χ2v) is 3.27. The highest BCUT2D eigenvalue weighted by Crippen LogP contribution is 2.01. The van der Waals surface area contributed by atoms with Crippen LogP contribution in [0.4, 0.5) is 0 Å². The smallest absolute Gasteiger partial charge is 0.306 e. The van der Waals surface area contributed by atoms with E-state index >= 15 is 0 Å². The van der Waals surface area contributed by atoms with Crippen LogP contribution in [0.25, 0.3) is 0 Å². The number of carbonyl (C=O) groups is 1. The van der Waals surface area contributed by atoms with Gasteiger partial charge < -0.3 is 10.1 Å². The summed E-state index contributed by atoms with van der Waals surface area (Å²) in [5.74, 6) is -0.194. The van der Waals surface area contributed by atoms with E-state index in [4.69, 9.17) is 0 Å². The van der Waals surface area contributed by atoms with Gasteiger partial charge in [0.1, 0.15) is 0 Å². The maximum atomic E-state index is 10.8. The van der Waals surface area contributed by atoms with Gasteiger partial charge in [-0.3, -0.25) is 9.78 Å². The van der Waals surface area contributed by atoms with Crippen molar-refractivity contribution in [3.63, 3.8) is 0 Å². The Balaban J connectivity index is 2.26. The topological polar surface area (TPSA) is 51.2 Å². The molecule has 1 rings (SSSR count). The predicted octanol–water partition coefficient (Wildman–Crippen LogP) is 1.04. The summed E-state index contributed by atoms with van der Waals surface area (Å²) < 4.78 is 4.53. The van der Waals surface area contributed by atoms with E-state index in [-0.39, 0.29) is 5.97 Å². The van der Waals surface area contributed by atoms with Gasteiger partial charge in [0.25, 0.3) is 0 Å². The van der Waals surface area contributed by atoms with Crippen molar-refractivity contribution in [2.75, 3.05) is 13.7 Å². The zero-order valence-electron chi connectivity index (χ0n) is 9.12. The van der Waals surface area contributed by atoms with Gasteiger partial charge in [0.15, 0.2) is 0 Å². The summed E-state index contributed by atoms with van der Waals surface area (Å²) in [6, 6.07) is 3.93. The van der Waals surface area contributed by atoms with Crippen LogP contribution in [-0.4, -0.2) is 24.6 Å². The monoisotopic (exact) mass is 208 g/mol. The molecule has 4 heteroatoms. The molecule has 82 valence electrons. The Morgan fingerprint density at radius 2 is 2.40 bits per heavy atom. The fourth-order valence-corrected chi connectivity index (χ4v) is 1.20. The first kappa shape index (κ1) is 11.7. The first-order valence-corrected chi connectivity index (χ1v) is 4.92. The van der Waals surface area contributed by atoms with Gasteiger partial charge >= 0.3 is 5.97 Å². The fourth-order valence-electron chi connectivity index (χ4n) is 1.20. The molecule has 0 bridgehead atoms. The molecule has 0 unspecified atom stereocenters. The van der Waals surface area contributed by atoms with Crippen LogP contribution in [0.5, 0.6) is 0 Å². The third kappa shape index (κ3) is 4.08. The normalized spacial score (nSPS) is 10.0. The number of ether oxygens (including phenoxy) is 1. The van der Waals surface area contributed by atoms with E-state index in [9.17, 15) is 4.79 Å². The first-order valence-electron chi connectivity index (χ1n) is 4.92. The van der Waals surface area contributed by atoms with Crippen LogP contribution in [0.1, 0.15) is 17.7 Å². The number of aryl methyl sites for hydroxylation is 1. The third-order valence-corrected chi connectivity index (χ3v) is 2.14. The Labute approximate surface area is 89.7 Å². The highest BCUT2D eigenvalue weighted by atomic mass is 16.5. The second-order valence-electron chi connectivity index (χ2n) is 3.27. The van der Waals surface area contributed by atoms with Crippen molar-refractivity contribution in [1.29, 1.82) is 0 Å². The zero-order valence-corrected chi connectivity index (χ0v) is 9.12. The SMILES string of the molecule is COC(=O)CCNCc1ncccc1C. The molecule has 1 N–H and O–H groups in total. The molecule has 0 radical (unpaired) electrons. The fraction of sp³-hybridized carbons (Fsp3) is 0.455. The summed E-state index contributed by atoms with van der Waals surface area (Å²) in [5.41, 5.74) is 2.17. The minimum absolute atomic E-state index is 0.194. The molecule has 0 fully saturated rings. The maximum Gasteiger partial charge on any atom is 0.306 e. The lowest BCUT2D eigenvalue weighted by Crippen LogP contribution is -2.19. The number of hydrogen-bond donors (Lipinski definition) is 1. The number of esters is 1. The van der Waals surface area contributed by atoms with Crippen molar-refractivity contribution in [3.05, 3.63) is 29.6 Å². The number of aromatic nitrogens is 1. The summed E-state index contributed by atoms with van der Waals surface area (Å²) in [4.78, 5) is 15.0. The maximum absolute atomic E-state index is 10.8. The van der Waals surface area contributed by atoms with Crippen LogP contribution in [0.15, 0.2) is 18.3 Å². The van der Waals surface area contributed by atoms with Gasteiger partial charge in [0.2, 0.25) is 0 Å². The predicted molar refractivity (Wildman–Crippen MR) is 57.3 cm³/mol. The van der Waals surface area contributed by atoms with Crippen molar-refractivity contribution in [2.24, 2.45) is 0 Å². The Morgan fingerprint density at radius 3 is 3.07 bits per heavy atom. The molecule has 1 aromatic rings. The van der Waals surface area contributed by atoms with Crippen LogP contribution in [-0.2, 0) is 16.1 Å². The Kier molecular flexibility index (Phi) is 4.77. The molecule has 0 saturated carbocycles. The van der Waals surface area contributed by atoms with E-state index in [2.05, 4.69) is 15.0 Å². The molecule has 15 heavy (non-hydrogen) atoms. The first-order chi connectivity index (χ1) is 7.24. The summed E-state index contributed by atoms with van der Waals surface area (Å²) in [7, 11) is 1.39. The van der Waals surface area contributed by atoms with Crippen molar-refractivity contribution < 1.29 is 9.53 Å². The second kappa shape index (κ2) is 6.14. The lowest BCUT2D eigenvalue weighted by molar-refractivity contribution is -0.140. The molecule has 0 atom stereocenters. The molecule has 0 aromatic carbocycles. The van der Waals surface area contributed by atoms with Gasteiger partial charge in [0, 0.05) is 19.3 Å². The molecule has 0 aliphatic heterocycles. The summed E-state index contributed by atoms with van der Waals surface area (Å²) in [6.45, 7) is 3.32. The lowest BCUT2D eigenvalue weighted by atomic mass is 10.2. The van der Waals surface area contributed by atoms with Gasteiger partial charge in [-0.15, -0.1) is 0 Å². The highest BCUT2D eigenvalue weighted by molar-refractivity contribution is 5.69. The average molecular weight is 208 g/mol. The van der Waals surface area contributed by atoms with Crippen molar-refractivity contribution >= 4 is 5.97 Å². The van der Waals surface area contributed by atoms with E-state index in [1.165, 1.54) is 7.11 Å². The molecule has 0 aliphatic rings. The Morgan fingerprint density at radius 1 is 1.60 bits per heavy atom. The number of methoxy groups -OCH3 is 1. The van der Waals surface area contributed by atoms with Crippen LogP contribution >= 0.6 is 0 Å². The third-order valence-electron chi connectivity index (χ3n) is 2.14. The molecule has 1 aromatic heterocycles. The standard InChI is InChI=1S/C11H16N2O2/c1-9-4-3-6-13-10(9)8-12-7-5-11(14)15-2/h3-4,6,12H,5,7-8H2,1-2H3. The molecular weight excluding hydrogens is 192 g/mol. The molecule has 4 nitrogen and oxygen atoms in total. The van der Waals surface area contributed by atoms with Crippen LogP contribution in [0.3, 0.4) is 0 Å². The highest BCUT2D eigenvalue weighted by Gasteiger charge is 2.00. The van der Waals surface area contributed by atoms with Crippen molar-refractivity contribution in [1.82, 2.24) is 10.3 Å². The summed E-state index contributed by atoms with van der Waals surface area (Å²) in [6.07, 6.45) is 2.16. The molecular formula is C11H16N2O2. The van der Waals surface area contributed by atoms with E-state index in [1.54, 1.807) is 6.20 Å². The summed E-state index contributed by atoms with van der Waals surface area (Å²) in [5, 5.41) is 3.14. The Bertz CT molecular complexity index is 326. The van der Waals surface area contributed by atoms with Crippen molar-refractivity contribution in [3.8, 4) is 0 Å². The molecule has 0 spiro atoms. The van der Waals surface area contributed by atoms with E-state index in [0.717, 1.165) is 11.3 Å². The van der Waals surface area contributed by atoms with Crippen LogP contribution in [0, 0.1) is 6.92 Å². The number of pyridine rings is 1. The van der Waals surface area contributed by atoms with E-state index in [1.807, 2.05) is 19.1 Å². The number of rotatable bonds is 5. The minimum atomic E-state index is -0.194. The number of nitrogens with zero attached hydrogens (tertiary/aromatic N) is 1. The van der Waals surface area contributed by atoms with E-state index < -0.39 is 0 Å². The average Bonchev–Trinajstić information content (AvgIpc) is 2.26. The van der Waals surface area contributed by atoms with Crippen LogP contribution in [0.2, 0.25) is 0 Å². The lowest BCUT2D eigenvalue weighted by Gasteiger charge is -2.05. The van der Waals surface area contributed by atoms with Gasteiger partial charge in [-0.05, 0) is 18.6 Å².